The highest BCUT2D eigenvalue weighted by molar-refractivity contribution is 7.51. The van der Waals surface area contributed by atoms with E-state index in [4.69, 9.17) is 38.2 Å². The predicted octanol–water partition coefficient (Wildman–Crippen LogP) is -0.0298. The summed E-state index contributed by atoms with van der Waals surface area (Å²) in [5.41, 5.74) is 0.543. The third kappa shape index (κ3) is 14.0. The van der Waals surface area contributed by atoms with Crippen LogP contribution in [0, 0.1) is 29.1 Å². The Labute approximate surface area is 287 Å². The molecule has 1 aliphatic heterocycles. The topological polar surface area (TPSA) is 231 Å². The zero-order valence-electron chi connectivity index (χ0n) is 27.0. The molecule has 0 bridgehead atoms. The van der Waals surface area contributed by atoms with Crippen molar-refractivity contribution in [3.05, 3.63) is 41.0 Å². The van der Waals surface area contributed by atoms with Crippen LogP contribution in [0.25, 0.3) is 0 Å². The van der Waals surface area contributed by atoms with Gasteiger partial charge in [-0.25, -0.2) is 17.9 Å². The highest BCUT2D eigenvalue weighted by atomic mass is 31.2. The van der Waals surface area contributed by atoms with E-state index < -0.39 is 91.7 Å². The normalized spacial score (nSPS) is 20.9. The van der Waals surface area contributed by atoms with Crippen LogP contribution < -0.4 is 4.74 Å². The number of aromatic nitrogens is 3. The summed E-state index contributed by atoms with van der Waals surface area (Å²) in [6.45, 7) is 1.55. The summed E-state index contributed by atoms with van der Waals surface area (Å²) in [6, 6.07) is 0. The molecule has 0 saturated carbocycles. The van der Waals surface area contributed by atoms with Crippen molar-refractivity contribution >= 4 is 13.6 Å². The maximum absolute atomic E-state index is 13.6. The zero-order valence-corrected chi connectivity index (χ0v) is 27.8. The molecule has 23 heteroatoms. The monoisotopic (exact) mass is 767 g/mol. The quantitative estimate of drug-likeness (QED) is 0.0190. The van der Waals surface area contributed by atoms with Gasteiger partial charge in [0.25, 0.3) is 0 Å². The predicted molar refractivity (Wildman–Crippen MR) is 158 cm³/mol. The van der Waals surface area contributed by atoms with Gasteiger partial charge in [-0.2, -0.15) is 8.78 Å². The molecule has 2 aromatic rings. The molecule has 51 heavy (non-hydrogen) atoms. The maximum atomic E-state index is 13.6. The number of hydrogen-bond acceptors (Lipinski definition) is 14. The van der Waals surface area contributed by atoms with Gasteiger partial charge in [0.1, 0.15) is 18.3 Å². The summed E-state index contributed by atoms with van der Waals surface area (Å²) in [5, 5.41) is 38.2. The van der Waals surface area contributed by atoms with E-state index in [0.717, 1.165) is 0 Å². The number of esters is 1. The SMILES string of the molecule is O=C(CCOCCOCCOCCOCCn1cc(CCO[C@H]2O[C@H](CCP(=O)(O)O)[C@@H](O)[C@H](O)[C@@H]2O)nn1)Oc1c(F)c(F)c(F)c(F)c1F. The number of nitrogens with zero attached hydrogens (tertiary/aromatic N) is 3. The van der Waals surface area contributed by atoms with Crippen LogP contribution in [0.1, 0.15) is 18.5 Å². The standard InChI is InChI=1S/C28H39F5N3O14P/c29-19-20(30)22(32)27(23(33)21(19)31)50-18(37)2-5-44-8-10-46-12-13-47-11-9-45-7-4-36-15-16(34-35-36)1-6-48-28-26(40)25(39)24(38)17(49-28)3-14-51(41,42)43/h15,17,24-26,28,38-40H,1-14H2,(H2,41,42,43)/t17-,24-,25+,26+,28+/m1/s1. The number of carbonyl (C=O) groups is 1. The molecule has 0 radical (unpaired) electrons. The zero-order chi connectivity index (χ0) is 37.6. The van der Waals surface area contributed by atoms with Crippen molar-refractivity contribution in [3.8, 4) is 5.75 Å². The molecule has 1 saturated heterocycles. The number of hydrogen-bond donors (Lipinski definition) is 5. The highest BCUT2D eigenvalue weighted by Crippen LogP contribution is 2.37. The number of benzene rings is 1. The molecular weight excluding hydrogens is 728 g/mol. The Hall–Kier alpha value is -2.73. The van der Waals surface area contributed by atoms with Crippen LogP contribution in [-0.4, -0.2) is 142 Å². The van der Waals surface area contributed by atoms with Crippen molar-refractivity contribution in [2.24, 2.45) is 0 Å². The maximum Gasteiger partial charge on any atom is 0.325 e. The van der Waals surface area contributed by atoms with E-state index in [9.17, 15) is 46.6 Å². The fraction of sp³-hybridized carbons (Fsp3) is 0.679. The van der Waals surface area contributed by atoms with E-state index in [-0.39, 0.29) is 65.7 Å². The van der Waals surface area contributed by atoms with Crippen molar-refractivity contribution < 1.29 is 89.6 Å². The fourth-order valence-electron chi connectivity index (χ4n) is 4.34. The summed E-state index contributed by atoms with van der Waals surface area (Å²) in [4.78, 5) is 29.8. The van der Waals surface area contributed by atoms with Crippen LogP contribution in [0.5, 0.6) is 5.75 Å². The van der Waals surface area contributed by atoms with E-state index in [1.165, 1.54) is 4.68 Å². The lowest BCUT2D eigenvalue weighted by Crippen LogP contribution is -2.58. The van der Waals surface area contributed by atoms with Gasteiger partial charge in [0, 0.05) is 12.6 Å². The summed E-state index contributed by atoms with van der Waals surface area (Å²) in [7, 11) is -4.37. The molecule has 5 atom stereocenters. The molecule has 0 unspecified atom stereocenters. The average molecular weight is 768 g/mol. The van der Waals surface area contributed by atoms with Gasteiger partial charge < -0.3 is 58.3 Å². The third-order valence-corrected chi connectivity index (χ3v) is 7.86. The van der Waals surface area contributed by atoms with E-state index in [1.54, 1.807) is 6.20 Å². The average Bonchev–Trinajstić information content (AvgIpc) is 3.55. The molecule has 1 aromatic heterocycles. The lowest BCUT2D eigenvalue weighted by Gasteiger charge is -2.40. The van der Waals surface area contributed by atoms with Gasteiger partial charge >= 0.3 is 13.6 Å². The van der Waals surface area contributed by atoms with Gasteiger partial charge in [-0.3, -0.25) is 9.36 Å². The molecule has 3 rings (SSSR count). The van der Waals surface area contributed by atoms with E-state index in [2.05, 4.69) is 15.0 Å². The molecule has 290 valence electrons. The van der Waals surface area contributed by atoms with E-state index in [1.807, 2.05) is 0 Å². The van der Waals surface area contributed by atoms with Crippen molar-refractivity contribution in [1.82, 2.24) is 15.0 Å². The summed E-state index contributed by atoms with van der Waals surface area (Å²) >= 11 is 0. The number of aliphatic hydroxyl groups excluding tert-OH is 3. The minimum atomic E-state index is -4.37. The second-order valence-corrected chi connectivity index (χ2v) is 12.6. The Morgan fingerprint density at radius 3 is 1.92 bits per heavy atom. The molecule has 5 N–H and O–H groups in total. The number of rotatable bonds is 23. The smallest absolute Gasteiger partial charge is 0.325 e. The van der Waals surface area contributed by atoms with Crippen molar-refractivity contribution in [2.75, 3.05) is 65.6 Å². The third-order valence-electron chi connectivity index (χ3n) is 7.02. The molecule has 1 fully saturated rings. The fourth-order valence-corrected chi connectivity index (χ4v) is 4.94. The molecule has 1 aliphatic rings. The summed E-state index contributed by atoms with van der Waals surface area (Å²) < 4.78 is 116. The van der Waals surface area contributed by atoms with E-state index >= 15 is 0 Å². The van der Waals surface area contributed by atoms with Crippen LogP contribution in [0.15, 0.2) is 6.20 Å². The van der Waals surface area contributed by atoms with Gasteiger partial charge in [0.05, 0.1) is 90.4 Å². The highest BCUT2D eigenvalue weighted by Gasteiger charge is 2.44. The summed E-state index contributed by atoms with van der Waals surface area (Å²) in [6.07, 6.45) is -6.70. The number of aliphatic hydroxyl groups is 3. The number of carbonyl (C=O) groups excluding carboxylic acids is 1. The Bertz CT molecular complexity index is 1410. The molecule has 0 aliphatic carbocycles. The first-order chi connectivity index (χ1) is 24.2. The second kappa shape index (κ2) is 21.1. The first-order valence-electron chi connectivity index (χ1n) is 15.5. The van der Waals surface area contributed by atoms with E-state index in [0.29, 0.717) is 18.8 Å². The van der Waals surface area contributed by atoms with Crippen LogP contribution >= 0.6 is 7.60 Å². The van der Waals surface area contributed by atoms with Crippen molar-refractivity contribution in [2.45, 2.75) is 56.5 Å². The van der Waals surface area contributed by atoms with Crippen molar-refractivity contribution in [1.29, 1.82) is 0 Å². The summed E-state index contributed by atoms with van der Waals surface area (Å²) in [5.74, 6) is -14.3. The van der Waals surface area contributed by atoms with Crippen molar-refractivity contribution in [3.63, 3.8) is 0 Å². The Morgan fingerprint density at radius 2 is 1.33 bits per heavy atom. The molecule has 17 nitrogen and oxygen atoms in total. The Morgan fingerprint density at radius 1 is 0.784 bits per heavy atom. The van der Waals surface area contributed by atoms with Gasteiger partial charge in [-0.1, -0.05) is 5.21 Å². The Balaban J connectivity index is 1.16. The van der Waals surface area contributed by atoms with Gasteiger partial charge in [-0.05, 0) is 6.42 Å². The molecule has 0 spiro atoms. The molecule has 2 heterocycles. The van der Waals surface area contributed by atoms with Crippen LogP contribution in [0.4, 0.5) is 22.0 Å². The lowest BCUT2D eigenvalue weighted by atomic mass is 9.97. The molecular formula is C28H39F5N3O14P. The lowest BCUT2D eigenvalue weighted by molar-refractivity contribution is -0.296. The molecule has 1 aromatic carbocycles. The van der Waals surface area contributed by atoms with Crippen LogP contribution in [-0.2, 0) is 50.7 Å². The number of halogens is 5. The van der Waals surface area contributed by atoms with Gasteiger partial charge in [-0.15, -0.1) is 5.10 Å². The number of ether oxygens (including phenoxy) is 7. The first-order valence-corrected chi connectivity index (χ1v) is 17.3. The molecule has 0 amide bonds. The Kier molecular flexibility index (Phi) is 17.7. The van der Waals surface area contributed by atoms with Gasteiger partial charge in [0.15, 0.2) is 6.29 Å². The minimum Gasteiger partial charge on any atom is -0.420 e. The second-order valence-electron chi connectivity index (χ2n) is 10.9. The van der Waals surface area contributed by atoms with Crippen LogP contribution in [0.2, 0.25) is 0 Å². The first kappa shape index (κ1) is 42.7. The minimum absolute atomic E-state index is 0.00375. The van der Waals surface area contributed by atoms with Crippen LogP contribution in [0.3, 0.4) is 0 Å². The van der Waals surface area contributed by atoms with Gasteiger partial charge in [0.2, 0.25) is 34.8 Å². The largest absolute Gasteiger partial charge is 0.420 e.